The van der Waals surface area contributed by atoms with Gasteiger partial charge >= 0.3 is 0 Å². The molecule has 5 aliphatic rings. The number of phenolic OH excluding ortho intramolecular Hbond substituents is 4. The number of hydrogen-bond acceptors (Lipinski definition) is 8. The van der Waals surface area contributed by atoms with Crippen molar-refractivity contribution in [3.05, 3.63) is 217 Å². The molecule has 5 aliphatic heterocycles. The molecule has 5 heterocycles. The number of aliphatic imine (C=N–C) groups is 4. The topological polar surface area (TPSA) is 130 Å². The number of aromatic hydroxyl groups is 4. The Labute approximate surface area is 319 Å². The Kier molecular flexibility index (Phi) is 15.3. The molecule has 267 valence electrons. The Hall–Kier alpha value is -6.80. The molecule has 1 radical (unpaired) electrons. The van der Waals surface area contributed by atoms with E-state index in [4.69, 9.17) is 20.4 Å². The van der Waals surface area contributed by atoms with Gasteiger partial charge in [-0.25, -0.2) is 20.0 Å². The van der Waals surface area contributed by atoms with Crippen LogP contribution >= 0.6 is 0 Å². The Morgan fingerprint density at radius 2 is 0.491 bits per heavy atom. The van der Waals surface area contributed by atoms with Crippen LogP contribution in [0.1, 0.15) is 0 Å². The average molecular weight is 744 g/mol. The second kappa shape index (κ2) is 20.8. The maximum atomic E-state index is 8.61. The van der Waals surface area contributed by atoms with Gasteiger partial charge in [-0.05, 0) is 72.9 Å². The molecular weight excluding hydrogens is 712 g/mol. The van der Waals surface area contributed by atoms with E-state index < -0.39 is 0 Å². The monoisotopic (exact) mass is 743 g/mol. The van der Waals surface area contributed by atoms with Gasteiger partial charge in [0, 0.05) is 40.1 Å². The first-order valence-corrected chi connectivity index (χ1v) is 15.9. The SMILES string of the molecule is C1=CC2=NC1=CC1=NC(=CC3=NC(=CC4=NC(=C2)C=C4)C=C3)C=C1.Oc1cc[c-]cc1.Oc1cc[c-]cc1.Oc1cc[c-]cc1.Oc1cc[c-]cc1.[Cu]. The summed E-state index contributed by atoms with van der Waals surface area (Å²) in [4.78, 5) is 18.4. The second-order valence-corrected chi connectivity index (χ2v) is 10.8. The van der Waals surface area contributed by atoms with Crippen LogP contribution in [0.4, 0.5) is 0 Å². The predicted octanol–water partition coefficient (Wildman–Crippen LogP) is 8.35. The quantitative estimate of drug-likeness (QED) is 0.107. The van der Waals surface area contributed by atoms with E-state index in [1.54, 1.807) is 97.1 Å². The number of rotatable bonds is 0. The smallest absolute Gasteiger partial charge is 0.0659 e. The number of benzene rings is 4. The number of fused-ring (bicyclic) bond motifs is 4. The van der Waals surface area contributed by atoms with Gasteiger partial charge in [0.1, 0.15) is 0 Å². The van der Waals surface area contributed by atoms with Gasteiger partial charge in [0.05, 0.1) is 45.6 Å². The van der Waals surface area contributed by atoms with Crippen LogP contribution in [0.25, 0.3) is 0 Å². The fraction of sp³-hybridized carbons (Fsp3) is 0. The van der Waals surface area contributed by atoms with Crippen LogP contribution < -0.4 is 0 Å². The Balaban J connectivity index is 0.000000176. The molecule has 4 aromatic carbocycles. The second-order valence-electron chi connectivity index (χ2n) is 10.8. The van der Waals surface area contributed by atoms with Crippen LogP contribution in [-0.4, -0.2) is 43.3 Å². The minimum atomic E-state index is 0. The standard InChI is InChI=1S/C20H12N4.4C6H5O.Cu/c1-2-14-10-16-5-6-18(23-16)12-20-8-7-19(24-20)11-17-4-3-15(22-17)9-13(1)21-14;4*7-6-4-2-1-3-5-6;/h1-12H;4*2-5,7H;/q;4*-1;. The Morgan fingerprint density at radius 1 is 0.302 bits per heavy atom. The molecule has 0 fully saturated rings. The number of allylic oxidation sites excluding steroid dienone is 12. The molecule has 0 amide bonds. The third-order valence-electron chi connectivity index (χ3n) is 6.72. The molecule has 8 bridgehead atoms. The van der Waals surface area contributed by atoms with Gasteiger partial charge in [0.25, 0.3) is 0 Å². The first-order chi connectivity index (χ1) is 25.4. The number of hydrogen-bond donors (Lipinski definition) is 4. The number of nitrogens with zero attached hydrogens (tertiary/aromatic N) is 4. The van der Waals surface area contributed by atoms with E-state index in [1.807, 2.05) is 72.9 Å². The molecule has 0 saturated carbocycles. The zero-order valence-corrected chi connectivity index (χ0v) is 29.0. The molecular formula is C44H32CuN4O4-4. The number of phenols is 4. The zero-order chi connectivity index (χ0) is 36.4. The molecule has 0 aromatic heterocycles. The summed E-state index contributed by atoms with van der Waals surface area (Å²) in [6.07, 6.45) is 23.8. The zero-order valence-electron chi connectivity index (χ0n) is 28.0. The summed E-state index contributed by atoms with van der Waals surface area (Å²) < 4.78 is 0. The van der Waals surface area contributed by atoms with E-state index in [0.29, 0.717) is 23.0 Å². The summed E-state index contributed by atoms with van der Waals surface area (Å²) in [5.74, 6) is 1.16. The van der Waals surface area contributed by atoms with Crippen molar-refractivity contribution in [2.45, 2.75) is 0 Å². The van der Waals surface area contributed by atoms with Gasteiger partial charge in [-0.3, -0.25) is 0 Å². The van der Waals surface area contributed by atoms with Crippen molar-refractivity contribution >= 4 is 22.8 Å². The maximum Gasteiger partial charge on any atom is 0.0659 e. The van der Waals surface area contributed by atoms with Crippen LogP contribution in [0.2, 0.25) is 0 Å². The largest absolute Gasteiger partial charge is 0.533 e. The summed E-state index contributed by atoms with van der Waals surface area (Å²) in [5, 5.41) is 34.4. The molecule has 4 aromatic rings. The van der Waals surface area contributed by atoms with E-state index in [-0.39, 0.29) is 17.1 Å². The van der Waals surface area contributed by atoms with Gasteiger partial charge in [-0.1, -0.05) is 0 Å². The van der Waals surface area contributed by atoms with Crippen molar-refractivity contribution in [1.82, 2.24) is 0 Å². The summed E-state index contributed by atoms with van der Waals surface area (Å²) in [5.41, 5.74) is 7.15. The van der Waals surface area contributed by atoms with Gasteiger partial charge in [0.15, 0.2) is 0 Å². The van der Waals surface area contributed by atoms with Gasteiger partial charge < -0.3 is 20.4 Å². The predicted molar refractivity (Wildman–Crippen MR) is 206 cm³/mol. The molecule has 53 heavy (non-hydrogen) atoms. The van der Waals surface area contributed by atoms with Crippen LogP contribution in [0, 0.1) is 24.3 Å². The maximum absolute atomic E-state index is 8.61. The van der Waals surface area contributed by atoms with Crippen molar-refractivity contribution in [1.29, 1.82) is 0 Å². The van der Waals surface area contributed by atoms with Crippen molar-refractivity contribution in [2.75, 3.05) is 0 Å². The Morgan fingerprint density at radius 3 is 0.642 bits per heavy atom. The van der Waals surface area contributed by atoms with Crippen molar-refractivity contribution in [3.63, 3.8) is 0 Å². The van der Waals surface area contributed by atoms with E-state index in [1.165, 1.54) is 0 Å². The van der Waals surface area contributed by atoms with Crippen LogP contribution in [0.15, 0.2) is 213 Å². The fourth-order valence-corrected chi connectivity index (χ4v) is 4.34. The molecule has 0 spiro atoms. The van der Waals surface area contributed by atoms with Crippen LogP contribution in [0.5, 0.6) is 23.0 Å². The van der Waals surface area contributed by atoms with Gasteiger partial charge in [-0.2, -0.15) is 72.8 Å². The van der Waals surface area contributed by atoms with Crippen LogP contribution in [-0.2, 0) is 17.1 Å². The first kappa shape index (κ1) is 39.0. The van der Waals surface area contributed by atoms with E-state index in [0.717, 1.165) is 45.6 Å². The molecule has 0 unspecified atom stereocenters. The summed E-state index contributed by atoms with van der Waals surface area (Å²) in [7, 11) is 0. The van der Waals surface area contributed by atoms with Crippen LogP contribution in [0.3, 0.4) is 0 Å². The molecule has 0 saturated heterocycles. The minimum absolute atomic E-state index is 0. The summed E-state index contributed by atoms with van der Waals surface area (Å²) in [6.45, 7) is 0. The van der Waals surface area contributed by atoms with E-state index >= 15 is 0 Å². The Bertz CT molecular complexity index is 1860. The normalized spacial score (nSPS) is 14.8. The molecule has 4 N–H and O–H groups in total. The molecule has 0 atom stereocenters. The third-order valence-corrected chi connectivity index (χ3v) is 6.72. The summed E-state index contributed by atoms with van der Waals surface area (Å²) >= 11 is 0. The van der Waals surface area contributed by atoms with Gasteiger partial charge in [-0.15, -0.1) is 48.5 Å². The first-order valence-electron chi connectivity index (χ1n) is 15.9. The fourth-order valence-electron chi connectivity index (χ4n) is 4.34. The summed E-state index contributed by atoms with van der Waals surface area (Å²) in [6, 6.07) is 37.1. The van der Waals surface area contributed by atoms with Crippen molar-refractivity contribution in [3.8, 4) is 23.0 Å². The third kappa shape index (κ3) is 14.2. The van der Waals surface area contributed by atoms with Crippen molar-refractivity contribution < 1.29 is 37.5 Å². The molecule has 9 heteroatoms. The van der Waals surface area contributed by atoms with E-state index in [2.05, 4.69) is 44.2 Å². The molecule has 0 aliphatic carbocycles. The van der Waals surface area contributed by atoms with Gasteiger partial charge in [0.2, 0.25) is 0 Å². The molecule has 8 nitrogen and oxygen atoms in total. The average Bonchev–Trinajstić information content (AvgIpc) is 3.98. The molecule has 9 rings (SSSR count). The minimum Gasteiger partial charge on any atom is -0.533 e. The van der Waals surface area contributed by atoms with Crippen molar-refractivity contribution in [2.24, 2.45) is 20.0 Å². The van der Waals surface area contributed by atoms with E-state index in [9.17, 15) is 0 Å².